The highest BCUT2D eigenvalue weighted by atomic mass is 19.4. The fourth-order valence-electron chi connectivity index (χ4n) is 2.05. The molecule has 1 saturated heterocycles. The minimum Gasteiger partial charge on any atom is -0.313 e. The molecule has 1 amide bonds. The first kappa shape index (κ1) is 12.9. The lowest BCUT2D eigenvalue weighted by Gasteiger charge is -2.25. The summed E-state index contributed by atoms with van der Waals surface area (Å²) in [4.78, 5) is 12.3. The lowest BCUT2D eigenvalue weighted by Crippen LogP contribution is -2.38. The zero-order valence-electron chi connectivity index (χ0n) is 9.79. The van der Waals surface area contributed by atoms with Crippen molar-refractivity contribution < 1.29 is 18.0 Å². The molecule has 1 unspecified atom stereocenters. The molecule has 2 rings (SSSR count). The number of carbonyl (C=O) groups excluding carboxylic acids is 1. The number of hydrogen-bond acceptors (Lipinski definition) is 2. The Labute approximate surface area is 103 Å². The molecule has 0 radical (unpaired) electrons. The predicted molar refractivity (Wildman–Crippen MR) is 59.7 cm³/mol. The predicted octanol–water partition coefficient (Wildman–Crippen LogP) is 1.99. The van der Waals surface area contributed by atoms with Crippen molar-refractivity contribution in [3.05, 3.63) is 35.4 Å². The zero-order chi connectivity index (χ0) is 13.3. The number of hydrogen-bond donors (Lipinski definition) is 1. The van der Waals surface area contributed by atoms with Crippen LogP contribution >= 0.6 is 0 Å². The summed E-state index contributed by atoms with van der Waals surface area (Å²) in [6.45, 7) is 0.570. The summed E-state index contributed by atoms with van der Waals surface area (Å²) in [5.41, 5.74) is 1.62. The summed E-state index contributed by atoms with van der Waals surface area (Å²) in [7, 11) is 0. The average Bonchev–Trinajstić information content (AvgIpc) is 2.58. The maximum Gasteiger partial charge on any atom is 0.406 e. The summed E-state index contributed by atoms with van der Waals surface area (Å²) in [5.74, 6) is -0.529. The number of nitrogens with one attached hydrogen (secondary N) is 1. The van der Waals surface area contributed by atoms with Crippen molar-refractivity contribution >= 4 is 5.91 Å². The van der Waals surface area contributed by atoms with Crippen molar-refractivity contribution in [2.24, 2.45) is 0 Å². The highest BCUT2D eigenvalue weighted by molar-refractivity contribution is 5.81. The number of halogens is 3. The lowest BCUT2D eigenvalue weighted by molar-refractivity contribution is -0.161. The Balaban J connectivity index is 2.24. The molecule has 1 aromatic rings. The number of carbonyl (C=O) groups is 1. The fraction of sp³-hybridized carbons (Fsp3) is 0.417. The van der Waals surface area contributed by atoms with Crippen LogP contribution in [0, 0.1) is 6.92 Å². The molecule has 1 fully saturated rings. The van der Waals surface area contributed by atoms with E-state index in [0.717, 1.165) is 10.5 Å². The van der Waals surface area contributed by atoms with Gasteiger partial charge < -0.3 is 4.90 Å². The third-order valence-electron chi connectivity index (χ3n) is 2.79. The summed E-state index contributed by atoms with van der Waals surface area (Å²) < 4.78 is 37.3. The number of aryl methyl sites for hydroxylation is 1. The second-order valence-corrected chi connectivity index (χ2v) is 4.33. The van der Waals surface area contributed by atoms with Gasteiger partial charge in [0.05, 0.1) is 6.54 Å². The van der Waals surface area contributed by atoms with E-state index in [9.17, 15) is 18.0 Å². The van der Waals surface area contributed by atoms with Crippen LogP contribution in [0.1, 0.15) is 17.3 Å². The van der Waals surface area contributed by atoms with Crippen molar-refractivity contribution in [3.63, 3.8) is 0 Å². The van der Waals surface area contributed by atoms with Crippen LogP contribution < -0.4 is 5.32 Å². The number of alkyl halides is 3. The Bertz CT molecular complexity index is 459. The highest BCUT2D eigenvalue weighted by Crippen LogP contribution is 2.27. The smallest absolute Gasteiger partial charge is 0.313 e. The van der Waals surface area contributed by atoms with Crippen LogP contribution in [0.5, 0.6) is 0 Å². The van der Waals surface area contributed by atoms with E-state index >= 15 is 0 Å². The van der Waals surface area contributed by atoms with E-state index in [0.29, 0.717) is 5.56 Å². The van der Waals surface area contributed by atoms with Crippen LogP contribution in [0.4, 0.5) is 13.2 Å². The Morgan fingerprint density at radius 1 is 1.44 bits per heavy atom. The van der Waals surface area contributed by atoms with Crippen molar-refractivity contribution in [1.29, 1.82) is 0 Å². The molecule has 3 nitrogen and oxygen atoms in total. The van der Waals surface area contributed by atoms with Crippen LogP contribution in [-0.2, 0) is 4.79 Å². The molecule has 1 aliphatic rings. The Kier molecular flexibility index (Phi) is 3.30. The van der Waals surface area contributed by atoms with Gasteiger partial charge in [0, 0.05) is 0 Å². The van der Waals surface area contributed by atoms with Gasteiger partial charge in [0.1, 0.15) is 12.7 Å². The second kappa shape index (κ2) is 4.61. The van der Waals surface area contributed by atoms with E-state index in [4.69, 9.17) is 0 Å². The van der Waals surface area contributed by atoms with Crippen molar-refractivity contribution in [3.8, 4) is 0 Å². The van der Waals surface area contributed by atoms with Gasteiger partial charge in [0.15, 0.2) is 0 Å². The summed E-state index contributed by atoms with van der Waals surface area (Å²) in [5, 5.41) is 2.80. The normalized spacial score (nSPS) is 20.6. The first-order valence-corrected chi connectivity index (χ1v) is 5.53. The first-order chi connectivity index (χ1) is 8.37. The van der Waals surface area contributed by atoms with Gasteiger partial charge in [-0.15, -0.1) is 0 Å². The number of amides is 1. The van der Waals surface area contributed by atoms with Crippen molar-refractivity contribution in [2.75, 3.05) is 13.1 Å². The van der Waals surface area contributed by atoms with Crippen LogP contribution in [0.2, 0.25) is 0 Å². The van der Waals surface area contributed by atoms with Gasteiger partial charge in [-0.25, -0.2) is 0 Å². The highest BCUT2D eigenvalue weighted by Gasteiger charge is 2.40. The van der Waals surface area contributed by atoms with Gasteiger partial charge in [-0.05, 0) is 12.5 Å². The quantitative estimate of drug-likeness (QED) is 0.879. The molecule has 0 saturated carbocycles. The Hall–Kier alpha value is -1.56. The molecule has 98 valence electrons. The van der Waals surface area contributed by atoms with E-state index in [1.54, 1.807) is 18.2 Å². The van der Waals surface area contributed by atoms with Gasteiger partial charge in [0.2, 0.25) is 5.91 Å². The largest absolute Gasteiger partial charge is 0.406 e. The minimum absolute atomic E-state index is 0.0608. The van der Waals surface area contributed by atoms with Crippen LogP contribution in [0.15, 0.2) is 24.3 Å². The number of nitrogens with zero attached hydrogens (tertiary/aromatic N) is 1. The van der Waals surface area contributed by atoms with Gasteiger partial charge in [-0.1, -0.05) is 29.8 Å². The first-order valence-electron chi connectivity index (χ1n) is 5.53. The Morgan fingerprint density at radius 2 is 2.17 bits per heavy atom. The van der Waals surface area contributed by atoms with Gasteiger partial charge in [-0.3, -0.25) is 10.1 Å². The molecule has 1 aromatic carbocycles. The second-order valence-electron chi connectivity index (χ2n) is 4.33. The molecule has 1 heterocycles. The van der Waals surface area contributed by atoms with Crippen molar-refractivity contribution in [2.45, 2.75) is 19.3 Å². The minimum atomic E-state index is -4.39. The standard InChI is InChI=1S/C12H13F3N2O/c1-8-3-2-4-9(5-8)11-16-6-10(18)17(11)7-12(13,14)15/h2-5,11,16H,6-7H2,1H3. The summed E-state index contributed by atoms with van der Waals surface area (Å²) in [6.07, 6.45) is -5.08. The third-order valence-corrected chi connectivity index (χ3v) is 2.79. The molecule has 0 aromatic heterocycles. The van der Waals surface area contributed by atoms with Crippen LogP contribution in [-0.4, -0.2) is 30.1 Å². The van der Waals surface area contributed by atoms with E-state index in [1.807, 2.05) is 13.0 Å². The molecule has 1 N–H and O–H groups in total. The summed E-state index contributed by atoms with van der Waals surface area (Å²) in [6, 6.07) is 7.11. The molecular weight excluding hydrogens is 245 g/mol. The molecule has 0 aliphatic carbocycles. The van der Waals surface area contributed by atoms with Gasteiger partial charge in [0.25, 0.3) is 0 Å². The fourth-order valence-corrected chi connectivity index (χ4v) is 2.05. The monoisotopic (exact) mass is 258 g/mol. The number of benzene rings is 1. The van der Waals surface area contributed by atoms with E-state index in [1.165, 1.54) is 0 Å². The lowest BCUT2D eigenvalue weighted by atomic mass is 10.1. The molecule has 1 aliphatic heterocycles. The SMILES string of the molecule is Cc1cccc(C2NCC(=O)N2CC(F)(F)F)c1. The molecule has 18 heavy (non-hydrogen) atoms. The average molecular weight is 258 g/mol. The van der Waals surface area contributed by atoms with E-state index < -0.39 is 24.8 Å². The summed E-state index contributed by atoms with van der Waals surface area (Å²) >= 11 is 0. The van der Waals surface area contributed by atoms with E-state index in [-0.39, 0.29) is 6.54 Å². The van der Waals surface area contributed by atoms with E-state index in [2.05, 4.69) is 5.32 Å². The van der Waals surface area contributed by atoms with Gasteiger partial charge >= 0.3 is 6.18 Å². The zero-order valence-corrected chi connectivity index (χ0v) is 9.79. The molecule has 0 bridgehead atoms. The third kappa shape index (κ3) is 2.81. The molecule has 1 atom stereocenters. The van der Waals surface area contributed by atoms with Gasteiger partial charge in [-0.2, -0.15) is 13.2 Å². The van der Waals surface area contributed by atoms with Crippen molar-refractivity contribution in [1.82, 2.24) is 10.2 Å². The maximum atomic E-state index is 12.4. The Morgan fingerprint density at radius 3 is 2.78 bits per heavy atom. The molecule has 6 heteroatoms. The topological polar surface area (TPSA) is 32.3 Å². The molecular formula is C12H13F3N2O. The maximum absolute atomic E-state index is 12.4. The van der Waals surface area contributed by atoms with Crippen LogP contribution in [0.25, 0.3) is 0 Å². The molecule has 0 spiro atoms. The van der Waals surface area contributed by atoms with Crippen LogP contribution in [0.3, 0.4) is 0 Å². The number of rotatable bonds is 2.